The van der Waals surface area contributed by atoms with Gasteiger partial charge in [0.25, 0.3) is 0 Å². The van der Waals surface area contributed by atoms with Gasteiger partial charge in [0.05, 0.1) is 5.52 Å². The van der Waals surface area contributed by atoms with Gasteiger partial charge in [-0.3, -0.25) is 4.98 Å². The molecule has 0 aliphatic carbocycles. The Hall–Kier alpha value is -4.43. The predicted octanol–water partition coefficient (Wildman–Crippen LogP) is 8.26. The third kappa shape index (κ3) is 7.83. The van der Waals surface area contributed by atoms with Crippen molar-refractivity contribution in [3.63, 3.8) is 0 Å². The van der Waals surface area contributed by atoms with Crippen LogP contribution in [0.15, 0.2) is 79.0 Å². The van der Waals surface area contributed by atoms with Crippen LogP contribution in [-0.2, 0) is 0 Å². The monoisotopic (exact) mass is 566 g/mol. The Balaban J connectivity index is 1.13. The molecule has 0 amide bonds. The van der Waals surface area contributed by atoms with Crippen molar-refractivity contribution in [2.24, 2.45) is 0 Å². The van der Waals surface area contributed by atoms with E-state index >= 15 is 0 Å². The van der Waals surface area contributed by atoms with Crippen LogP contribution < -0.4 is 21.3 Å². The van der Waals surface area contributed by atoms with E-state index in [1.54, 1.807) is 0 Å². The lowest BCUT2D eigenvalue weighted by Gasteiger charge is -2.13. The van der Waals surface area contributed by atoms with Gasteiger partial charge in [-0.05, 0) is 74.2 Å². The number of nitrogens with one attached hydrogen (secondary N) is 4. The largest absolute Gasteiger partial charge is 0.384 e. The highest BCUT2D eigenvalue weighted by molar-refractivity contribution is 6.31. The maximum absolute atomic E-state index is 6.11. The summed E-state index contributed by atoms with van der Waals surface area (Å²) in [5.74, 6) is 1.52. The zero-order chi connectivity index (χ0) is 28.4. The summed E-state index contributed by atoms with van der Waals surface area (Å²) in [7, 11) is 0. The minimum absolute atomic E-state index is 0.491. The third-order valence-electron chi connectivity index (χ3n) is 6.83. The average molecular weight is 567 g/mol. The van der Waals surface area contributed by atoms with Crippen LogP contribution >= 0.6 is 11.6 Å². The summed E-state index contributed by atoms with van der Waals surface area (Å²) in [6.07, 6.45) is 6.15. The second-order valence-electron chi connectivity index (χ2n) is 9.97. The van der Waals surface area contributed by atoms with E-state index in [0.29, 0.717) is 22.9 Å². The summed E-state index contributed by atoms with van der Waals surface area (Å²) >= 11 is 6.11. The van der Waals surface area contributed by atoms with Crippen LogP contribution in [-0.4, -0.2) is 33.0 Å². The topological polar surface area (TPSA) is 99.7 Å². The molecule has 3 aromatic carbocycles. The molecule has 210 valence electrons. The highest BCUT2D eigenvalue weighted by atomic mass is 35.5. The van der Waals surface area contributed by atoms with Crippen LogP contribution in [0.2, 0.25) is 5.02 Å². The van der Waals surface area contributed by atoms with E-state index in [1.807, 2.05) is 66.9 Å². The van der Waals surface area contributed by atoms with Gasteiger partial charge in [0, 0.05) is 46.8 Å². The highest BCUT2D eigenvalue weighted by Gasteiger charge is 2.10. The summed E-state index contributed by atoms with van der Waals surface area (Å²) in [6, 6.07) is 24.0. The number of halogens is 1. The summed E-state index contributed by atoms with van der Waals surface area (Å²) in [6.45, 7) is 5.80. The number of rotatable bonds is 13. The molecule has 0 bridgehead atoms. The molecule has 0 saturated carbocycles. The molecule has 0 aliphatic heterocycles. The maximum atomic E-state index is 6.11. The van der Waals surface area contributed by atoms with Gasteiger partial charge >= 0.3 is 0 Å². The SMILES string of the molecule is Cc1ccccc1Nc1nc(NCCCCCCNc2ccnc3cc(Cl)ccc23)nc(Nc2ccccc2C)n1. The van der Waals surface area contributed by atoms with Crippen molar-refractivity contribution in [3.05, 3.63) is 95.1 Å². The number of pyridine rings is 1. The molecule has 0 aliphatic rings. The van der Waals surface area contributed by atoms with Gasteiger partial charge in [-0.2, -0.15) is 15.0 Å². The summed E-state index contributed by atoms with van der Waals surface area (Å²) < 4.78 is 0. The molecule has 5 aromatic rings. The van der Waals surface area contributed by atoms with Crippen LogP contribution in [0.25, 0.3) is 10.9 Å². The number of para-hydroxylation sites is 2. The normalized spacial score (nSPS) is 10.9. The van der Waals surface area contributed by atoms with Crippen LogP contribution in [0, 0.1) is 13.8 Å². The van der Waals surface area contributed by atoms with E-state index in [-0.39, 0.29) is 0 Å². The summed E-state index contributed by atoms with van der Waals surface area (Å²) in [5.41, 5.74) is 6.15. The number of nitrogens with zero attached hydrogens (tertiary/aromatic N) is 4. The van der Waals surface area contributed by atoms with Crippen molar-refractivity contribution in [3.8, 4) is 0 Å². The second kappa shape index (κ2) is 13.8. The van der Waals surface area contributed by atoms with Gasteiger partial charge < -0.3 is 21.3 Å². The lowest BCUT2D eigenvalue weighted by molar-refractivity contribution is 0.669. The van der Waals surface area contributed by atoms with Gasteiger partial charge in [0.1, 0.15) is 0 Å². The molecule has 2 aromatic heterocycles. The number of hydrogen-bond donors (Lipinski definition) is 4. The summed E-state index contributed by atoms with van der Waals surface area (Å²) in [5, 5.41) is 15.4. The molecule has 8 nitrogen and oxygen atoms in total. The molecular weight excluding hydrogens is 532 g/mol. The number of unbranched alkanes of at least 4 members (excludes halogenated alkanes) is 3. The Labute approximate surface area is 246 Å². The molecular formula is C32H35ClN8. The lowest BCUT2D eigenvalue weighted by atomic mass is 10.1. The summed E-state index contributed by atoms with van der Waals surface area (Å²) in [4.78, 5) is 18.3. The first kappa shape index (κ1) is 28.1. The van der Waals surface area contributed by atoms with Gasteiger partial charge in [0.2, 0.25) is 17.8 Å². The first-order valence-corrected chi connectivity index (χ1v) is 14.4. The van der Waals surface area contributed by atoms with E-state index in [2.05, 4.69) is 67.2 Å². The Kier molecular flexibility index (Phi) is 9.44. The molecule has 2 heterocycles. The molecule has 0 atom stereocenters. The Morgan fingerprint density at radius 2 is 1.20 bits per heavy atom. The van der Waals surface area contributed by atoms with E-state index < -0.39 is 0 Å². The van der Waals surface area contributed by atoms with Gasteiger partial charge in [-0.25, -0.2) is 0 Å². The van der Waals surface area contributed by atoms with Crippen LogP contribution in [0.5, 0.6) is 0 Å². The zero-order valence-corrected chi connectivity index (χ0v) is 24.2. The van der Waals surface area contributed by atoms with Gasteiger partial charge in [0.15, 0.2) is 0 Å². The van der Waals surface area contributed by atoms with Crippen molar-refractivity contribution in [1.82, 2.24) is 19.9 Å². The molecule has 0 fully saturated rings. The van der Waals surface area contributed by atoms with E-state index in [1.165, 1.54) is 0 Å². The second-order valence-corrected chi connectivity index (χ2v) is 10.4. The molecule has 0 spiro atoms. The minimum Gasteiger partial charge on any atom is -0.384 e. The number of benzene rings is 3. The third-order valence-corrected chi connectivity index (χ3v) is 7.06. The fourth-order valence-corrected chi connectivity index (χ4v) is 4.70. The standard InChI is InChI=1S/C32H35ClN8/c1-22-11-5-7-13-26(22)37-31-39-30(40-32(41-31)38-27-14-8-6-12-23(27)2)36-19-10-4-3-9-18-34-28-17-20-35-29-21-24(33)15-16-25(28)29/h5-8,11-17,20-21H,3-4,9-10,18-19H2,1-2H3,(H,34,35)(H3,36,37,38,39,40,41). The van der Waals surface area contributed by atoms with Crippen LogP contribution in [0.1, 0.15) is 36.8 Å². The minimum atomic E-state index is 0.491. The Morgan fingerprint density at radius 1 is 0.610 bits per heavy atom. The van der Waals surface area contributed by atoms with Crippen molar-refractivity contribution in [2.75, 3.05) is 34.4 Å². The fourth-order valence-electron chi connectivity index (χ4n) is 4.54. The van der Waals surface area contributed by atoms with Crippen molar-refractivity contribution >= 4 is 57.4 Å². The smallest absolute Gasteiger partial charge is 0.233 e. The number of aryl methyl sites for hydroxylation is 2. The first-order valence-electron chi connectivity index (χ1n) is 14.0. The highest BCUT2D eigenvalue weighted by Crippen LogP contribution is 2.25. The maximum Gasteiger partial charge on any atom is 0.233 e. The quantitative estimate of drug-likeness (QED) is 0.106. The fraction of sp³-hybridized carbons (Fsp3) is 0.250. The van der Waals surface area contributed by atoms with Crippen LogP contribution in [0.3, 0.4) is 0 Å². The molecule has 4 N–H and O–H groups in total. The Morgan fingerprint density at radius 3 is 1.83 bits per heavy atom. The number of aromatic nitrogens is 4. The average Bonchev–Trinajstić information content (AvgIpc) is 2.97. The molecule has 0 radical (unpaired) electrons. The van der Waals surface area contributed by atoms with E-state index in [9.17, 15) is 0 Å². The Bertz CT molecular complexity index is 1540. The number of anilines is 6. The molecule has 41 heavy (non-hydrogen) atoms. The van der Waals surface area contributed by atoms with Crippen molar-refractivity contribution < 1.29 is 0 Å². The van der Waals surface area contributed by atoms with Crippen molar-refractivity contribution in [1.29, 1.82) is 0 Å². The van der Waals surface area contributed by atoms with Crippen LogP contribution in [0.4, 0.5) is 34.9 Å². The van der Waals surface area contributed by atoms with Gasteiger partial charge in [-0.1, -0.05) is 60.8 Å². The van der Waals surface area contributed by atoms with E-state index in [0.717, 1.165) is 77.9 Å². The first-order chi connectivity index (χ1) is 20.0. The number of hydrogen-bond acceptors (Lipinski definition) is 8. The van der Waals surface area contributed by atoms with Gasteiger partial charge in [-0.15, -0.1) is 0 Å². The molecule has 5 rings (SSSR count). The van der Waals surface area contributed by atoms with E-state index in [4.69, 9.17) is 11.6 Å². The van der Waals surface area contributed by atoms with Crippen molar-refractivity contribution in [2.45, 2.75) is 39.5 Å². The zero-order valence-electron chi connectivity index (χ0n) is 23.4. The molecule has 0 unspecified atom stereocenters. The predicted molar refractivity (Wildman–Crippen MR) is 171 cm³/mol. The molecule has 9 heteroatoms. The number of fused-ring (bicyclic) bond motifs is 1. The molecule has 0 saturated heterocycles. The lowest BCUT2D eigenvalue weighted by Crippen LogP contribution is -2.11.